The molecule has 1 aromatic heterocycles. The molecule has 2 bridgehead atoms. The summed E-state index contributed by atoms with van der Waals surface area (Å²) in [6.45, 7) is 0. The Balaban J connectivity index is 1.47. The van der Waals surface area contributed by atoms with Gasteiger partial charge in [-0.3, -0.25) is 4.98 Å². The third-order valence-corrected chi connectivity index (χ3v) is 5.56. The number of aromatic nitrogens is 1. The molecule has 28 heavy (non-hydrogen) atoms. The zero-order valence-corrected chi connectivity index (χ0v) is 14.9. The van der Waals surface area contributed by atoms with Crippen LogP contribution >= 0.6 is 0 Å². The summed E-state index contributed by atoms with van der Waals surface area (Å²) in [5.41, 5.74) is -1.69. The van der Waals surface area contributed by atoms with Crippen molar-refractivity contribution >= 4 is 11.7 Å². The molecule has 0 radical (unpaired) electrons. The zero-order valence-electron chi connectivity index (χ0n) is 14.9. The molecule has 2 atom stereocenters. The van der Waals surface area contributed by atoms with Gasteiger partial charge >= 0.3 is 12.2 Å². The molecule has 2 aromatic rings. The fourth-order valence-electron chi connectivity index (χ4n) is 4.29. The number of carbonyl (C=O) groups excluding carboxylic acids is 1. The number of hydrogen-bond acceptors (Lipinski definition) is 2. The van der Waals surface area contributed by atoms with Gasteiger partial charge in [0.2, 0.25) is 0 Å². The zero-order chi connectivity index (χ0) is 19.9. The second-order valence-corrected chi connectivity index (χ2v) is 7.39. The van der Waals surface area contributed by atoms with Gasteiger partial charge in [-0.2, -0.15) is 13.2 Å². The van der Waals surface area contributed by atoms with E-state index in [-0.39, 0.29) is 30.6 Å². The van der Waals surface area contributed by atoms with Crippen LogP contribution in [0.25, 0.3) is 0 Å². The van der Waals surface area contributed by atoms with Crippen molar-refractivity contribution < 1.29 is 22.4 Å². The number of urea groups is 1. The summed E-state index contributed by atoms with van der Waals surface area (Å²) in [6.07, 6.45) is -1.14. The van der Waals surface area contributed by atoms with E-state index in [4.69, 9.17) is 0 Å². The minimum Gasteiger partial charge on any atom is -0.318 e. The van der Waals surface area contributed by atoms with Crippen molar-refractivity contribution in [2.75, 3.05) is 5.32 Å². The van der Waals surface area contributed by atoms with Crippen molar-refractivity contribution in [1.82, 2.24) is 9.88 Å². The standard InChI is InChI=1S/C20H19F4N3O/c21-19(17-3-1-2-10-25-17)11-15-8-9-16(12-19)27(15)18(28)26-14-6-4-13(5-7-14)20(22,23)24/h1-7,10,15-16H,8-9,11-12H2,(H,26,28). The number of alkyl halides is 4. The van der Waals surface area contributed by atoms with Crippen LogP contribution in [0.1, 0.15) is 36.9 Å². The molecule has 0 spiro atoms. The van der Waals surface area contributed by atoms with Crippen molar-refractivity contribution in [1.29, 1.82) is 0 Å². The first-order valence-electron chi connectivity index (χ1n) is 9.13. The largest absolute Gasteiger partial charge is 0.416 e. The normalized spacial score (nSPS) is 26.9. The van der Waals surface area contributed by atoms with E-state index in [1.165, 1.54) is 12.1 Å². The number of halogens is 4. The predicted octanol–water partition coefficient (Wildman–Crippen LogP) is 5.12. The summed E-state index contributed by atoms with van der Waals surface area (Å²) >= 11 is 0. The van der Waals surface area contributed by atoms with Gasteiger partial charge in [0.05, 0.1) is 11.3 Å². The number of piperidine rings is 1. The number of nitrogens with zero attached hydrogens (tertiary/aromatic N) is 2. The van der Waals surface area contributed by atoms with Crippen LogP contribution in [0.15, 0.2) is 48.7 Å². The summed E-state index contributed by atoms with van der Waals surface area (Å²) in [4.78, 5) is 18.5. The molecule has 3 heterocycles. The highest BCUT2D eigenvalue weighted by atomic mass is 19.4. The van der Waals surface area contributed by atoms with Crippen LogP contribution < -0.4 is 5.32 Å². The van der Waals surface area contributed by atoms with Gasteiger partial charge in [0.15, 0.2) is 5.67 Å². The first kappa shape index (κ1) is 18.7. The number of benzene rings is 1. The number of anilines is 1. The Bertz CT molecular complexity index is 840. The average molecular weight is 393 g/mol. The molecule has 2 amide bonds. The summed E-state index contributed by atoms with van der Waals surface area (Å²) in [5.74, 6) is 0. The Kier molecular flexibility index (Phi) is 4.51. The van der Waals surface area contributed by atoms with Crippen LogP contribution in [0, 0.1) is 0 Å². The van der Waals surface area contributed by atoms with Crippen molar-refractivity contribution in [2.24, 2.45) is 0 Å². The lowest BCUT2D eigenvalue weighted by molar-refractivity contribution is -0.137. The number of amides is 2. The number of hydrogen-bond donors (Lipinski definition) is 1. The van der Waals surface area contributed by atoms with Crippen molar-refractivity contribution in [3.05, 3.63) is 59.9 Å². The molecule has 1 N–H and O–H groups in total. The maximum atomic E-state index is 15.5. The third-order valence-electron chi connectivity index (χ3n) is 5.56. The summed E-state index contributed by atoms with van der Waals surface area (Å²) < 4.78 is 53.5. The van der Waals surface area contributed by atoms with E-state index in [9.17, 15) is 18.0 Å². The molecule has 0 saturated carbocycles. The average Bonchev–Trinajstić information content (AvgIpc) is 2.94. The first-order chi connectivity index (χ1) is 13.3. The predicted molar refractivity (Wildman–Crippen MR) is 95.4 cm³/mol. The lowest BCUT2D eigenvalue weighted by Gasteiger charge is -2.42. The highest BCUT2D eigenvalue weighted by molar-refractivity contribution is 5.90. The van der Waals surface area contributed by atoms with Gasteiger partial charge in [0.1, 0.15) is 0 Å². The van der Waals surface area contributed by atoms with Gasteiger partial charge in [-0.1, -0.05) is 6.07 Å². The summed E-state index contributed by atoms with van der Waals surface area (Å²) in [7, 11) is 0. The molecule has 2 saturated heterocycles. The fraction of sp³-hybridized carbons (Fsp3) is 0.400. The second kappa shape index (κ2) is 6.76. The van der Waals surface area contributed by atoms with E-state index in [1.807, 2.05) is 0 Å². The maximum absolute atomic E-state index is 15.5. The van der Waals surface area contributed by atoms with Crippen molar-refractivity contribution in [2.45, 2.75) is 49.6 Å². The molecule has 8 heteroatoms. The Hall–Kier alpha value is -2.64. The number of carbonyl (C=O) groups is 1. The highest BCUT2D eigenvalue weighted by Gasteiger charge is 2.52. The Morgan fingerprint density at radius 1 is 1.07 bits per heavy atom. The van der Waals surface area contributed by atoms with Crippen LogP contribution in [-0.4, -0.2) is 28.0 Å². The van der Waals surface area contributed by atoms with Gasteiger partial charge in [-0.05, 0) is 49.2 Å². The number of pyridine rings is 1. The minimum atomic E-state index is -4.43. The SMILES string of the molecule is O=C(Nc1ccc(C(F)(F)F)cc1)N1C2CCC1CC(F)(c1ccccn1)C2. The van der Waals surface area contributed by atoms with E-state index in [0.29, 0.717) is 18.5 Å². The van der Waals surface area contributed by atoms with Crippen LogP contribution in [0.3, 0.4) is 0 Å². The first-order valence-corrected chi connectivity index (χ1v) is 9.13. The molecule has 4 rings (SSSR count). The van der Waals surface area contributed by atoms with Gasteiger partial charge < -0.3 is 10.2 Å². The van der Waals surface area contributed by atoms with Crippen LogP contribution in [-0.2, 0) is 11.8 Å². The number of nitrogens with one attached hydrogen (secondary N) is 1. The topological polar surface area (TPSA) is 45.2 Å². The lowest BCUT2D eigenvalue weighted by Crippen LogP contribution is -2.52. The van der Waals surface area contributed by atoms with Gasteiger partial charge in [-0.25, -0.2) is 9.18 Å². The maximum Gasteiger partial charge on any atom is 0.416 e. The molecule has 2 fully saturated rings. The lowest BCUT2D eigenvalue weighted by atomic mass is 9.85. The molecule has 2 aliphatic heterocycles. The van der Waals surface area contributed by atoms with Crippen molar-refractivity contribution in [3.8, 4) is 0 Å². The molecular weight excluding hydrogens is 374 g/mol. The second-order valence-electron chi connectivity index (χ2n) is 7.39. The molecule has 2 aliphatic rings. The van der Waals surface area contributed by atoms with E-state index in [1.54, 1.807) is 29.3 Å². The fourth-order valence-corrected chi connectivity index (χ4v) is 4.29. The molecular formula is C20H19F4N3O. The van der Waals surface area contributed by atoms with E-state index >= 15 is 4.39 Å². The molecule has 0 aliphatic carbocycles. The minimum absolute atomic E-state index is 0.168. The van der Waals surface area contributed by atoms with E-state index in [0.717, 1.165) is 12.1 Å². The Morgan fingerprint density at radius 3 is 2.25 bits per heavy atom. The molecule has 1 aromatic carbocycles. The van der Waals surface area contributed by atoms with Gasteiger partial charge in [0.25, 0.3) is 0 Å². The van der Waals surface area contributed by atoms with Crippen LogP contribution in [0.4, 0.5) is 28.0 Å². The quantitative estimate of drug-likeness (QED) is 0.720. The number of fused-ring (bicyclic) bond motifs is 2. The van der Waals surface area contributed by atoms with Gasteiger partial charge in [0, 0.05) is 36.8 Å². The summed E-state index contributed by atoms with van der Waals surface area (Å²) in [5, 5.41) is 2.64. The molecule has 148 valence electrons. The van der Waals surface area contributed by atoms with Crippen LogP contribution in [0.2, 0.25) is 0 Å². The molecule has 2 unspecified atom stereocenters. The highest BCUT2D eigenvalue weighted by Crippen LogP contribution is 2.47. The third kappa shape index (κ3) is 3.43. The van der Waals surface area contributed by atoms with Gasteiger partial charge in [-0.15, -0.1) is 0 Å². The van der Waals surface area contributed by atoms with Crippen LogP contribution in [0.5, 0.6) is 0 Å². The smallest absolute Gasteiger partial charge is 0.318 e. The van der Waals surface area contributed by atoms with Crippen molar-refractivity contribution in [3.63, 3.8) is 0 Å². The summed E-state index contributed by atoms with van der Waals surface area (Å²) in [6, 6.07) is 8.50. The Labute approximate surface area is 159 Å². The van der Waals surface area contributed by atoms with E-state index < -0.39 is 23.4 Å². The molecule has 4 nitrogen and oxygen atoms in total. The monoisotopic (exact) mass is 393 g/mol. The number of rotatable bonds is 2. The Morgan fingerprint density at radius 2 is 1.71 bits per heavy atom. The van der Waals surface area contributed by atoms with E-state index in [2.05, 4.69) is 10.3 Å².